The van der Waals surface area contributed by atoms with E-state index in [1.807, 2.05) is 43.0 Å². The van der Waals surface area contributed by atoms with Crippen molar-refractivity contribution in [3.8, 4) is 0 Å². The van der Waals surface area contributed by atoms with Gasteiger partial charge in [-0.2, -0.15) is 0 Å². The van der Waals surface area contributed by atoms with Crippen LogP contribution in [0, 0.1) is 12.8 Å². The van der Waals surface area contributed by atoms with Gasteiger partial charge >= 0.3 is 0 Å². The van der Waals surface area contributed by atoms with Crippen LogP contribution in [0.5, 0.6) is 0 Å². The Bertz CT molecular complexity index is 822. The van der Waals surface area contributed by atoms with Crippen molar-refractivity contribution in [2.24, 2.45) is 11.7 Å². The number of amides is 2. The molecule has 7 nitrogen and oxygen atoms in total. The van der Waals surface area contributed by atoms with Gasteiger partial charge in [-0.05, 0) is 51.7 Å². The minimum atomic E-state index is -0.808. The summed E-state index contributed by atoms with van der Waals surface area (Å²) in [7, 11) is 0. The summed E-state index contributed by atoms with van der Waals surface area (Å²) in [6, 6.07) is 7.64. The number of nitrogens with two attached hydrogens (primary N) is 1. The van der Waals surface area contributed by atoms with Gasteiger partial charge in [-0.25, -0.2) is 0 Å². The Labute approximate surface area is 198 Å². The van der Waals surface area contributed by atoms with Gasteiger partial charge in [0.25, 0.3) is 0 Å². The summed E-state index contributed by atoms with van der Waals surface area (Å²) in [5.74, 6) is -0.276. The van der Waals surface area contributed by atoms with E-state index in [0.717, 1.165) is 24.1 Å². The molecule has 3 atom stereocenters. The summed E-state index contributed by atoms with van der Waals surface area (Å²) in [6.07, 6.45) is 5.16. The van der Waals surface area contributed by atoms with Gasteiger partial charge in [0, 0.05) is 42.3 Å². The van der Waals surface area contributed by atoms with Crippen LogP contribution in [0.2, 0.25) is 0 Å². The number of para-hydroxylation sites is 1. The highest BCUT2D eigenvalue weighted by Crippen LogP contribution is 2.29. The third kappa shape index (κ3) is 6.55. The molecule has 0 spiro atoms. The summed E-state index contributed by atoms with van der Waals surface area (Å²) >= 11 is 0. The predicted octanol–water partition coefficient (Wildman–Crippen LogP) is 2.59. The van der Waals surface area contributed by atoms with Gasteiger partial charge in [-0.15, -0.1) is 0 Å². The summed E-state index contributed by atoms with van der Waals surface area (Å²) in [4.78, 5) is 29.5. The zero-order valence-corrected chi connectivity index (χ0v) is 20.7. The number of nitrogens with one attached hydrogen (secondary N) is 1. The Morgan fingerprint density at radius 2 is 1.91 bits per heavy atom. The number of carbonyl (C=O) groups excluding carboxylic acids is 2. The van der Waals surface area contributed by atoms with Crippen molar-refractivity contribution in [2.45, 2.75) is 89.9 Å². The predicted molar refractivity (Wildman–Crippen MR) is 132 cm³/mol. The smallest absolute Gasteiger partial charge is 0.241 e. The second-order valence-corrected chi connectivity index (χ2v) is 10.7. The lowest BCUT2D eigenvalue weighted by Crippen LogP contribution is -2.64. The van der Waals surface area contributed by atoms with Gasteiger partial charge in [0.05, 0.1) is 12.6 Å². The average Bonchev–Trinajstić information content (AvgIpc) is 2.77. The molecule has 33 heavy (non-hydrogen) atoms. The average molecular weight is 459 g/mol. The highest BCUT2D eigenvalue weighted by atomic mass is 16.3. The number of hydrogen-bond donors (Lipinski definition) is 3. The van der Waals surface area contributed by atoms with Crippen molar-refractivity contribution in [3.05, 3.63) is 29.8 Å². The molecule has 0 aromatic heterocycles. The molecule has 184 valence electrons. The summed E-state index contributed by atoms with van der Waals surface area (Å²) in [6.45, 7) is 9.27. The molecule has 1 aromatic rings. The van der Waals surface area contributed by atoms with Gasteiger partial charge in [-0.3, -0.25) is 14.5 Å². The van der Waals surface area contributed by atoms with E-state index >= 15 is 0 Å². The molecule has 0 radical (unpaired) electrons. The number of aryl methyl sites for hydroxylation is 1. The highest BCUT2D eigenvalue weighted by Gasteiger charge is 2.40. The van der Waals surface area contributed by atoms with E-state index in [1.54, 1.807) is 0 Å². The molecular weight excluding hydrogens is 416 g/mol. The minimum Gasteiger partial charge on any atom is -0.391 e. The molecule has 2 fully saturated rings. The van der Waals surface area contributed by atoms with Crippen molar-refractivity contribution in [3.63, 3.8) is 0 Å². The van der Waals surface area contributed by atoms with Crippen molar-refractivity contribution in [1.29, 1.82) is 0 Å². The molecule has 1 heterocycles. The Hall–Kier alpha value is -1.96. The molecule has 1 saturated heterocycles. The van der Waals surface area contributed by atoms with Crippen LogP contribution in [0.1, 0.15) is 64.9 Å². The Kier molecular flexibility index (Phi) is 8.54. The summed E-state index contributed by atoms with van der Waals surface area (Å²) < 4.78 is 0. The molecule has 2 aliphatic rings. The molecule has 1 aliphatic heterocycles. The van der Waals surface area contributed by atoms with E-state index in [1.165, 1.54) is 19.3 Å². The maximum Gasteiger partial charge on any atom is 0.241 e. The number of rotatable bonds is 8. The Morgan fingerprint density at radius 3 is 2.58 bits per heavy atom. The third-order valence-electron chi connectivity index (χ3n) is 7.35. The number of carbonyl (C=O) groups is 2. The third-order valence-corrected chi connectivity index (χ3v) is 7.35. The fraction of sp³-hybridized carbons (Fsp3) is 0.692. The first-order valence-electron chi connectivity index (χ1n) is 12.4. The van der Waals surface area contributed by atoms with E-state index < -0.39 is 12.1 Å². The van der Waals surface area contributed by atoms with Crippen molar-refractivity contribution >= 4 is 17.5 Å². The number of aliphatic hydroxyl groups is 1. The molecular formula is C26H42N4O3. The van der Waals surface area contributed by atoms with E-state index in [4.69, 9.17) is 5.73 Å². The van der Waals surface area contributed by atoms with Crippen LogP contribution in [-0.2, 0) is 9.59 Å². The standard InChI is InChI=1S/C26H42N4O3/c1-18-10-8-9-13-22(18)30-17-26(3,4)29(16-24(30)32)15-21(27)23(31)14-19(2)25(33)28-20-11-6-5-7-12-20/h8-10,13,19-21,23,31H,5-7,11-12,14-17,27H2,1-4H3,(H,28,33)/t19-,21+,23+/m1/s1. The fourth-order valence-electron chi connectivity index (χ4n) is 5.05. The van der Waals surface area contributed by atoms with Crippen molar-refractivity contribution in [2.75, 3.05) is 24.5 Å². The van der Waals surface area contributed by atoms with E-state index in [-0.39, 0.29) is 35.9 Å². The van der Waals surface area contributed by atoms with Gasteiger partial charge in [0.1, 0.15) is 0 Å². The second-order valence-electron chi connectivity index (χ2n) is 10.7. The van der Waals surface area contributed by atoms with Crippen molar-refractivity contribution in [1.82, 2.24) is 10.2 Å². The van der Waals surface area contributed by atoms with E-state index in [2.05, 4.69) is 24.1 Å². The topological polar surface area (TPSA) is 98.9 Å². The Balaban J connectivity index is 1.54. The van der Waals surface area contributed by atoms with Gasteiger partial charge < -0.3 is 21.1 Å². The second kappa shape index (κ2) is 11.0. The maximum atomic E-state index is 13.0. The van der Waals surface area contributed by atoms with Crippen LogP contribution in [0.25, 0.3) is 0 Å². The van der Waals surface area contributed by atoms with E-state index in [9.17, 15) is 14.7 Å². The summed E-state index contributed by atoms with van der Waals surface area (Å²) in [5.41, 5.74) is 8.09. The number of anilines is 1. The molecule has 2 amide bonds. The number of piperazine rings is 1. The maximum absolute atomic E-state index is 13.0. The van der Waals surface area contributed by atoms with Crippen LogP contribution in [0.4, 0.5) is 5.69 Å². The van der Waals surface area contributed by atoms with Crippen LogP contribution in [0.3, 0.4) is 0 Å². The fourth-order valence-corrected chi connectivity index (χ4v) is 5.05. The first kappa shape index (κ1) is 25.7. The quantitative estimate of drug-likeness (QED) is 0.556. The van der Waals surface area contributed by atoms with Crippen molar-refractivity contribution < 1.29 is 14.7 Å². The lowest BCUT2D eigenvalue weighted by Gasteiger charge is -2.48. The van der Waals surface area contributed by atoms with Crippen LogP contribution < -0.4 is 16.0 Å². The first-order valence-corrected chi connectivity index (χ1v) is 12.4. The number of nitrogens with zero attached hydrogens (tertiary/aromatic N) is 2. The highest BCUT2D eigenvalue weighted by molar-refractivity contribution is 5.96. The van der Waals surface area contributed by atoms with Crippen LogP contribution in [-0.4, -0.2) is 65.2 Å². The number of aliphatic hydroxyl groups excluding tert-OH is 1. The van der Waals surface area contributed by atoms with E-state index in [0.29, 0.717) is 19.5 Å². The molecule has 1 saturated carbocycles. The zero-order valence-electron chi connectivity index (χ0n) is 20.7. The number of hydrogen-bond acceptors (Lipinski definition) is 5. The van der Waals surface area contributed by atoms with Gasteiger partial charge in [0.2, 0.25) is 11.8 Å². The minimum absolute atomic E-state index is 0.00416. The Morgan fingerprint density at radius 1 is 1.24 bits per heavy atom. The van der Waals surface area contributed by atoms with Gasteiger partial charge in [0.15, 0.2) is 0 Å². The largest absolute Gasteiger partial charge is 0.391 e. The molecule has 3 rings (SSSR count). The molecule has 4 N–H and O–H groups in total. The first-order chi connectivity index (χ1) is 15.6. The zero-order chi connectivity index (χ0) is 24.2. The molecule has 7 heteroatoms. The monoisotopic (exact) mass is 458 g/mol. The lowest BCUT2D eigenvalue weighted by atomic mass is 9.92. The van der Waals surface area contributed by atoms with Gasteiger partial charge in [-0.1, -0.05) is 44.4 Å². The normalized spacial score (nSPS) is 22.6. The molecule has 0 unspecified atom stereocenters. The molecule has 0 bridgehead atoms. The molecule has 1 aromatic carbocycles. The SMILES string of the molecule is Cc1ccccc1N1CC(C)(C)N(C[C@H](N)[C@@H](O)C[C@@H](C)C(=O)NC2CCCCC2)CC1=O. The molecule has 1 aliphatic carbocycles. The van der Waals surface area contributed by atoms with Crippen LogP contribution >= 0.6 is 0 Å². The van der Waals surface area contributed by atoms with Crippen LogP contribution in [0.15, 0.2) is 24.3 Å². The lowest BCUT2D eigenvalue weighted by molar-refractivity contribution is -0.126. The summed E-state index contributed by atoms with van der Waals surface area (Å²) in [5, 5.41) is 13.9. The number of benzene rings is 1.